The van der Waals surface area contributed by atoms with Crippen molar-refractivity contribution >= 4 is 11.8 Å². The lowest BCUT2D eigenvalue weighted by molar-refractivity contribution is -0.165. The Kier molecular flexibility index (Phi) is 5.98. The highest BCUT2D eigenvalue weighted by Gasteiger charge is 2.54. The van der Waals surface area contributed by atoms with Crippen LogP contribution in [0.15, 0.2) is 0 Å². The summed E-state index contributed by atoms with van der Waals surface area (Å²) in [5, 5.41) is 3.25. The minimum atomic E-state index is -0.541. The first kappa shape index (κ1) is 20.1. The fourth-order valence-corrected chi connectivity index (χ4v) is 5.63. The molecular formula is C22H37N3O3. The minimum Gasteiger partial charge on any atom is -0.353 e. The summed E-state index contributed by atoms with van der Waals surface area (Å²) in [5.41, 5.74) is -0.541. The van der Waals surface area contributed by atoms with Gasteiger partial charge in [0.05, 0.1) is 6.61 Å². The summed E-state index contributed by atoms with van der Waals surface area (Å²) in [6.07, 6.45) is 10.0. The fourth-order valence-electron chi connectivity index (χ4n) is 5.63. The van der Waals surface area contributed by atoms with E-state index in [1.807, 2.05) is 4.90 Å². The molecule has 1 atom stereocenters. The third-order valence-corrected chi connectivity index (χ3v) is 7.63. The Balaban J connectivity index is 1.50. The van der Waals surface area contributed by atoms with Crippen LogP contribution < -0.4 is 5.32 Å². The number of amides is 2. The highest BCUT2D eigenvalue weighted by molar-refractivity contribution is 5.90. The van der Waals surface area contributed by atoms with Crippen molar-refractivity contribution in [2.24, 2.45) is 11.8 Å². The van der Waals surface area contributed by atoms with Gasteiger partial charge in [0.25, 0.3) is 0 Å². The van der Waals surface area contributed by atoms with E-state index in [0.717, 1.165) is 77.3 Å². The maximum atomic E-state index is 13.5. The fraction of sp³-hybridized carbons (Fsp3) is 0.909. The molecule has 0 aromatic heterocycles. The number of carbonyl (C=O) groups excluding carboxylic acids is 2. The lowest BCUT2D eigenvalue weighted by Crippen LogP contribution is -2.59. The van der Waals surface area contributed by atoms with Crippen molar-refractivity contribution in [2.75, 3.05) is 26.7 Å². The van der Waals surface area contributed by atoms with Crippen LogP contribution in [0.2, 0.25) is 0 Å². The van der Waals surface area contributed by atoms with E-state index >= 15 is 0 Å². The van der Waals surface area contributed by atoms with Crippen LogP contribution in [-0.4, -0.2) is 66.2 Å². The predicted octanol–water partition coefficient (Wildman–Crippen LogP) is 2.52. The Morgan fingerprint density at radius 3 is 2.29 bits per heavy atom. The van der Waals surface area contributed by atoms with Gasteiger partial charge in [0.1, 0.15) is 11.8 Å². The molecule has 0 radical (unpaired) electrons. The third kappa shape index (κ3) is 3.95. The average molecular weight is 392 g/mol. The Labute approximate surface area is 169 Å². The molecule has 2 aliphatic carbocycles. The van der Waals surface area contributed by atoms with Crippen molar-refractivity contribution in [3.05, 3.63) is 0 Å². The van der Waals surface area contributed by atoms with Crippen LogP contribution in [0.1, 0.15) is 71.1 Å². The van der Waals surface area contributed by atoms with E-state index in [9.17, 15) is 9.59 Å². The summed E-state index contributed by atoms with van der Waals surface area (Å²) >= 11 is 0. The van der Waals surface area contributed by atoms with Gasteiger partial charge in [-0.3, -0.25) is 14.5 Å². The van der Waals surface area contributed by atoms with Gasteiger partial charge in [0.2, 0.25) is 11.8 Å². The highest BCUT2D eigenvalue weighted by atomic mass is 16.5. The maximum Gasteiger partial charge on any atom is 0.245 e. The number of hydrogen-bond acceptors (Lipinski definition) is 4. The smallest absolute Gasteiger partial charge is 0.245 e. The van der Waals surface area contributed by atoms with Gasteiger partial charge in [-0.05, 0) is 77.4 Å². The second-order valence-corrected chi connectivity index (χ2v) is 9.73. The summed E-state index contributed by atoms with van der Waals surface area (Å²) in [5.74, 6) is 0.922. The van der Waals surface area contributed by atoms with Gasteiger partial charge in [0.15, 0.2) is 0 Å². The summed E-state index contributed by atoms with van der Waals surface area (Å²) < 4.78 is 6.30. The topological polar surface area (TPSA) is 61.9 Å². The molecule has 28 heavy (non-hydrogen) atoms. The third-order valence-electron chi connectivity index (χ3n) is 7.63. The summed E-state index contributed by atoms with van der Waals surface area (Å²) in [4.78, 5) is 30.9. The maximum absolute atomic E-state index is 13.5. The number of carbonyl (C=O) groups is 2. The largest absolute Gasteiger partial charge is 0.353 e. The van der Waals surface area contributed by atoms with E-state index in [1.165, 1.54) is 0 Å². The molecule has 0 aromatic carbocycles. The molecule has 2 heterocycles. The van der Waals surface area contributed by atoms with Crippen molar-refractivity contribution < 1.29 is 14.3 Å². The molecule has 4 rings (SSSR count). The number of nitrogens with zero attached hydrogens (tertiary/aromatic N) is 2. The summed E-state index contributed by atoms with van der Waals surface area (Å²) in [6.45, 7) is 4.65. The van der Waals surface area contributed by atoms with Crippen LogP contribution in [0.5, 0.6) is 0 Å². The molecule has 2 saturated carbocycles. The first-order chi connectivity index (χ1) is 13.5. The monoisotopic (exact) mass is 391 g/mol. The van der Waals surface area contributed by atoms with Crippen LogP contribution in [0.3, 0.4) is 0 Å². The van der Waals surface area contributed by atoms with Crippen molar-refractivity contribution in [1.29, 1.82) is 0 Å². The summed E-state index contributed by atoms with van der Waals surface area (Å²) in [7, 11) is 2.12. The molecule has 1 N–H and O–H groups in total. The number of rotatable bonds is 3. The number of likely N-dealkylation sites (tertiary alicyclic amines) is 1. The first-order valence-corrected chi connectivity index (χ1v) is 11.4. The van der Waals surface area contributed by atoms with Gasteiger partial charge in [-0.15, -0.1) is 0 Å². The second kappa shape index (κ2) is 8.31. The molecule has 2 aliphatic heterocycles. The van der Waals surface area contributed by atoms with Crippen LogP contribution in [0.4, 0.5) is 0 Å². The van der Waals surface area contributed by atoms with Crippen molar-refractivity contribution in [1.82, 2.24) is 15.1 Å². The first-order valence-electron chi connectivity index (χ1n) is 11.4. The van der Waals surface area contributed by atoms with Crippen LogP contribution in [-0.2, 0) is 14.3 Å². The van der Waals surface area contributed by atoms with E-state index < -0.39 is 11.8 Å². The lowest BCUT2D eigenvalue weighted by Gasteiger charge is -2.44. The molecule has 2 amide bonds. The molecule has 4 aliphatic rings. The molecule has 6 heteroatoms. The predicted molar refractivity (Wildman–Crippen MR) is 108 cm³/mol. The van der Waals surface area contributed by atoms with Gasteiger partial charge in [-0.1, -0.05) is 19.8 Å². The molecular weight excluding hydrogens is 354 g/mol. The molecule has 2 saturated heterocycles. The summed E-state index contributed by atoms with van der Waals surface area (Å²) in [6, 6.07) is -0.240. The number of hydrogen-bond donors (Lipinski definition) is 1. The van der Waals surface area contributed by atoms with Crippen molar-refractivity contribution in [2.45, 2.75) is 88.9 Å². The zero-order valence-electron chi connectivity index (χ0n) is 17.6. The van der Waals surface area contributed by atoms with Crippen LogP contribution in [0.25, 0.3) is 0 Å². The average Bonchev–Trinajstić information content (AvgIpc) is 3.34. The molecule has 6 nitrogen and oxygen atoms in total. The zero-order valence-corrected chi connectivity index (χ0v) is 17.6. The van der Waals surface area contributed by atoms with Gasteiger partial charge in [-0.25, -0.2) is 0 Å². The standard InChI is InChI=1S/C22H37N3O3/c1-16-7-11-22(12-8-16)25(21(27)17-5-3-4-6-17)19(15-28-22)20(26)23-18-9-13-24(2)14-10-18/h16-19H,3-15H2,1-2H3,(H,23,26)/t16?,19-,22?/m1/s1. The minimum absolute atomic E-state index is 0.00334. The Hall–Kier alpha value is -1.14. The molecule has 0 aromatic rings. The van der Waals surface area contributed by atoms with Gasteiger partial charge < -0.3 is 15.0 Å². The van der Waals surface area contributed by atoms with Crippen molar-refractivity contribution in [3.63, 3.8) is 0 Å². The Morgan fingerprint density at radius 1 is 1.00 bits per heavy atom. The van der Waals surface area contributed by atoms with Crippen LogP contribution in [0, 0.1) is 11.8 Å². The Morgan fingerprint density at radius 2 is 1.64 bits per heavy atom. The zero-order chi connectivity index (χ0) is 19.7. The number of ether oxygens (including phenoxy) is 1. The van der Waals surface area contributed by atoms with E-state index in [-0.39, 0.29) is 23.8 Å². The van der Waals surface area contributed by atoms with Gasteiger partial charge >= 0.3 is 0 Å². The van der Waals surface area contributed by atoms with Gasteiger partial charge in [0, 0.05) is 12.0 Å². The molecule has 0 bridgehead atoms. The Bertz CT molecular complexity index is 574. The molecule has 0 unspecified atom stereocenters. The van der Waals surface area contributed by atoms with Crippen molar-refractivity contribution in [3.8, 4) is 0 Å². The van der Waals surface area contributed by atoms with E-state index in [2.05, 4.69) is 24.2 Å². The number of piperidine rings is 1. The highest BCUT2D eigenvalue weighted by Crippen LogP contribution is 2.44. The number of nitrogens with one attached hydrogen (secondary N) is 1. The second-order valence-electron chi connectivity index (χ2n) is 9.73. The van der Waals surface area contributed by atoms with E-state index in [4.69, 9.17) is 4.74 Å². The molecule has 1 spiro atoms. The molecule has 158 valence electrons. The van der Waals surface area contributed by atoms with E-state index in [1.54, 1.807) is 0 Å². The lowest BCUT2D eigenvalue weighted by atomic mass is 9.83. The normalized spacial score (nSPS) is 35.6. The SMILES string of the molecule is CC1CCC2(CC1)OC[C@H](C(=O)NC1CCN(C)CC1)N2C(=O)C1CCCC1. The van der Waals surface area contributed by atoms with Gasteiger partial charge in [-0.2, -0.15) is 0 Å². The van der Waals surface area contributed by atoms with Crippen LogP contribution >= 0.6 is 0 Å². The van der Waals surface area contributed by atoms with E-state index in [0.29, 0.717) is 12.5 Å². The quantitative estimate of drug-likeness (QED) is 0.803. The molecule has 4 fully saturated rings.